The van der Waals surface area contributed by atoms with Crippen LogP contribution in [-0.4, -0.2) is 68.9 Å². The smallest absolute Gasteiger partial charge is 0.0869 e. The van der Waals surface area contributed by atoms with Crippen molar-refractivity contribution in [1.29, 1.82) is 0 Å². The van der Waals surface area contributed by atoms with E-state index in [1.807, 2.05) is 0 Å². The molecule has 0 aliphatic rings. The molecule has 0 heterocycles. The van der Waals surface area contributed by atoms with Gasteiger partial charge in [-0.25, -0.2) is 0 Å². The number of rotatable bonds is 12. The predicted molar refractivity (Wildman–Crippen MR) is 80.6 cm³/mol. The van der Waals surface area contributed by atoms with Crippen LogP contribution in [0.2, 0.25) is 0 Å². The lowest BCUT2D eigenvalue weighted by Gasteiger charge is -2.06. The molecular weight excluding hydrogens is 300 g/mol. The molecule has 8 heteroatoms. The van der Waals surface area contributed by atoms with Crippen LogP contribution in [0.1, 0.15) is 6.42 Å². The minimum Gasteiger partial charge on any atom is -0.394 e. The molecule has 0 aromatic carbocycles. The van der Waals surface area contributed by atoms with Crippen molar-refractivity contribution in [2.75, 3.05) is 36.2 Å². The second-order valence-corrected chi connectivity index (χ2v) is 8.49. The molecule has 0 amide bonds. The van der Waals surface area contributed by atoms with Crippen molar-refractivity contribution in [2.45, 2.75) is 18.6 Å². The van der Waals surface area contributed by atoms with Gasteiger partial charge in [-0.1, -0.05) is 43.2 Å². The molecule has 2 unspecified atom stereocenters. The van der Waals surface area contributed by atoms with Gasteiger partial charge in [-0.3, -0.25) is 0 Å². The highest BCUT2D eigenvalue weighted by molar-refractivity contribution is 8.77. The van der Waals surface area contributed by atoms with Crippen LogP contribution in [0.5, 0.6) is 0 Å². The molecule has 17 heavy (non-hydrogen) atoms. The van der Waals surface area contributed by atoms with E-state index in [0.717, 1.165) is 17.9 Å². The van der Waals surface area contributed by atoms with Crippen molar-refractivity contribution in [3.63, 3.8) is 0 Å². The largest absolute Gasteiger partial charge is 0.394 e. The number of hydrogen-bond acceptors (Lipinski definition) is 8. The molecule has 0 radical (unpaired) electrons. The standard InChI is InChI=1S/C9H20O4S4/c10-4-8(12)6-16-14-2-1-3-15-17-7-9(13)5-11/h8-13H,1-7H2. The van der Waals surface area contributed by atoms with Crippen LogP contribution in [0.15, 0.2) is 0 Å². The summed E-state index contributed by atoms with van der Waals surface area (Å²) in [5.41, 5.74) is 0. The summed E-state index contributed by atoms with van der Waals surface area (Å²) in [6, 6.07) is 0. The molecule has 0 aliphatic heterocycles. The molecule has 0 saturated heterocycles. The van der Waals surface area contributed by atoms with Gasteiger partial charge in [-0.2, -0.15) is 0 Å². The molecule has 0 aromatic heterocycles. The van der Waals surface area contributed by atoms with Gasteiger partial charge in [0, 0.05) is 23.0 Å². The van der Waals surface area contributed by atoms with E-state index in [4.69, 9.17) is 20.4 Å². The zero-order chi connectivity index (χ0) is 12.9. The van der Waals surface area contributed by atoms with Crippen molar-refractivity contribution < 1.29 is 20.4 Å². The van der Waals surface area contributed by atoms with Gasteiger partial charge in [0.05, 0.1) is 25.4 Å². The Bertz CT molecular complexity index is 148. The lowest BCUT2D eigenvalue weighted by molar-refractivity contribution is 0.114. The zero-order valence-corrected chi connectivity index (χ0v) is 12.8. The van der Waals surface area contributed by atoms with E-state index in [2.05, 4.69) is 0 Å². The van der Waals surface area contributed by atoms with Crippen LogP contribution in [0.25, 0.3) is 0 Å². The molecule has 0 saturated carbocycles. The van der Waals surface area contributed by atoms with Gasteiger partial charge in [0.1, 0.15) is 0 Å². The molecule has 0 aliphatic carbocycles. The van der Waals surface area contributed by atoms with Crippen molar-refractivity contribution in [2.24, 2.45) is 0 Å². The van der Waals surface area contributed by atoms with Crippen molar-refractivity contribution in [3.05, 3.63) is 0 Å². The lowest BCUT2D eigenvalue weighted by atomic mass is 10.4. The monoisotopic (exact) mass is 320 g/mol. The first-order valence-electron chi connectivity index (χ1n) is 5.27. The predicted octanol–water partition coefficient (Wildman–Crippen LogP) is 0.846. The minimum absolute atomic E-state index is 0.173. The molecule has 4 nitrogen and oxygen atoms in total. The summed E-state index contributed by atoms with van der Waals surface area (Å²) in [7, 11) is 6.55. The Hall–Kier alpha value is 1.24. The van der Waals surface area contributed by atoms with Crippen molar-refractivity contribution in [3.8, 4) is 0 Å². The van der Waals surface area contributed by atoms with Gasteiger partial charge in [0.15, 0.2) is 0 Å². The maximum absolute atomic E-state index is 9.07. The molecule has 2 atom stereocenters. The minimum atomic E-state index is -0.614. The first-order chi connectivity index (χ1) is 8.20. The van der Waals surface area contributed by atoms with Crippen LogP contribution in [0.4, 0.5) is 0 Å². The van der Waals surface area contributed by atoms with Crippen LogP contribution in [0, 0.1) is 0 Å². The highest BCUT2D eigenvalue weighted by atomic mass is 33.1. The summed E-state index contributed by atoms with van der Waals surface area (Å²) in [6.45, 7) is -0.347. The highest BCUT2D eigenvalue weighted by Crippen LogP contribution is 2.26. The van der Waals surface area contributed by atoms with Crippen LogP contribution in [-0.2, 0) is 0 Å². The van der Waals surface area contributed by atoms with E-state index in [1.54, 1.807) is 43.2 Å². The summed E-state index contributed by atoms with van der Waals surface area (Å²) in [4.78, 5) is 0. The number of aliphatic hydroxyl groups is 4. The Labute approximate surface area is 118 Å². The maximum atomic E-state index is 9.07. The summed E-state index contributed by atoms with van der Waals surface area (Å²) in [6.07, 6.45) is -0.158. The van der Waals surface area contributed by atoms with E-state index in [1.165, 1.54) is 0 Å². The Kier molecular flexibility index (Phi) is 14.7. The third kappa shape index (κ3) is 13.5. The summed E-state index contributed by atoms with van der Waals surface area (Å²) in [5, 5.41) is 35.3. The third-order valence-corrected chi connectivity index (χ3v) is 6.67. The van der Waals surface area contributed by atoms with Crippen LogP contribution >= 0.6 is 43.2 Å². The molecule has 4 N–H and O–H groups in total. The molecular formula is C9H20O4S4. The van der Waals surface area contributed by atoms with Gasteiger partial charge in [-0.15, -0.1) is 0 Å². The van der Waals surface area contributed by atoms with E-state index in [-0.39, 0.29) is 13.2 Å². The molecule has 0 aromatic rings. The van der Waals surface area contributed by atoms with Gasteiger partial charge in [-0.05, 0) is 6.42 Å². The SMILES string of the molecule is OCC(O)CSSCCCSSCC(O)CO. The average Bonchev–Trinajstić information content (AvgIpc) is 2.35. The zero-order valence-electron chi connectivity index (χ0n) is 9.53. The summed E-state index contributed by atoms with van der Waals surface area (Å²) >= 11 is 0. The van der Waals surface area contributed by atoms with Gasteiger partial charge >= 0.3 is 0 Å². The maximum Gasteiger partial charge on any atom is 0.0869 e. The molecule has 104 valence electrons. The quantitative estimate of drug-likeness (QED) is 0.311. The molecule has 0 fully saturated rings. The number of aliphatic hydroxyl groups excluding tert-OH is 4. The Morgan fingerprint density at radius 3 is 1.47 bits per heavy atom. The van der Waals surface area contributed by atoms with Gasteiger partial charge in [0.2, 0.25) is 0 Å². The van der Waals surface area contributed by atoms with E-state index >= 15 is 0 Å². The third-order valence-electron chi connectivity index (χ3n) is 1.56. The van der Waals surface area contributed by atoms with Crippen LogP contribution in [0.3, 0.4) is 0 Å². The van der Waals surface area contributed by atoms with E-state index in [0.29, 0.717) is 11.5 Å². The summed E-state index contributed by atoms with van der Waals surface area (Å²) < 4.78 is 0. The van der Waals surface area contributed by atoms with Gasteiger partial charge in [0.25, 0.3) is 0 Å². The van der Waals surface area contributed by atoms with E-state index < -0.39 is 12.2 Å². The fourth-order valence-electron chi connectivity index (χ4n) is 0.653. The van der Waals surface area contributed by atoms with Crippen molar-refractivity contribution >= 4 is 43.2 Å². The van der Waals surface area contributed by atoms with Crippen molar-refractivity contribution in [1.82, 2.24) is 0 Å². The fourth-order valence-corrected chi connectivity index (χ4v) is 5.25. The highest BCUT2D eigenvalue weighted by Gasteiger charge is 2.03. The normalized spacial score (nSPS) is 14.8. The Balaban J connectivity index is 3.04. The average molecular weight is 321 g/mol. The first-order valence-corrected chi connectivity index (χ1v) is 10.2. The first kappa shape index (κ1) is 18.2. The van der Waals surface area contributed by atoms with E-state index in [9.17, 15) is 0 Å². The van der Waals surface area contributed by atoms with Gasteiger partial charge < -0.3 is 20.4 Å². The molecule has 0 rings (SSSR count). The summed E-state index contributed by atoms with van der Waals surface area (Å²) in [5.74, 6) is 3.15. The molecule has 0 spiro atoms. The van der Waals surface area contributed by atoms with Crippen LogP contribution < -0.4 is 0 Å². The second kappa shape index (κ2) is 13.7. The fraction of sp³-hybridized carbons (Fsp3) is 1.00. The Morgan fingerprint density at radius 2 is 1.12 bits per heavy atom. The molecule has 0 bridgehead atoms. The number of hydrogen-bond donors (Lipinski definition) is 4. The Morgan fingerprint density at radius 1 is 0.706 bits per heavy atom. The second-order valence-electron chi connectivity index (χ2n) is 3.24. The topological polar surface area (TPSA) is 80.9 Å². The lowest BCUT2D eigenvalue weighted by Crippen LogP contribution is -2.14.